The topological polar surface area (TPSA) is 0 Å². The van der Waals surface area contributed by atoms with Crippen molar-refractivity contribution >= 4 is 11.3 Å². The van der Waals surface area contributed by atoms with Gasteiger partial charge in [0.1, 0.15) is 0 Å². The molecule has 1 aromatic heterocycles. The summed E-state index contributed by atoms with van der Waals surface area (Å²) in [4.78, 5) is 3.19. The molecular weight excluding hydrogens is 260 g/mol. The molecule has 0 aliphatic heterocycles. The first kappa shape index (κ1) is 17.8. The van der Waals surface area contributed by atoms with E-state index in [1.807, 2.05) is 0 Å². The van der Waals surface area contributed by atoms with Gasteiger partial charge in [-0.15, -0.1) is 11.3 Å². The van der Waals surface area contributed by atoms with Crippen molar-refractivity contribution in [3.63, 3.8) is 0 Å². The SMILES string of the molecule is CCC(C)(C)c1sc(C(C)(C)C(C)C)cc1CC(C)C. The molecule has 0 unspecified atom stereocenters. The molecule has 0 spiro atoms. The van der Waals surface area contributed by atoms with E-state index in [2.05, 4.69) is 79.7 Å². The van der Waals surface area contributed by atoms with E-state index in [0.717, 1.165) is 5.92 Å². The lowest BCUT2D eigenvalue weighted by Gasteiger charge is -2.28. The van der Waals surface area contributed by atoms with E-state index < -0.39 is 0 Å². The molecule has 1 rings (SSSR count). The average molecular weight is 295 g/mol. The first-order chi connectivity index (χ1) is 9.02. The Morgan fingerprint density at radius 3 is 2.00 bits per heavy atom. The van der Waals surface area contributed by atoms with Crippen molar-refractivity contribution in [2.24, 2.45) is 11.8 Å². The van der Waals surface area contributed by atoms with Crippen LogP contribution in [0.5, 0.6) is 0 Å². The summed E-state index contributed by atoms with van der Waals surface area (Å²) in [5.74, 6) is 1.40. The van der Waals surface area contributed by atoms with E-state index in [-0.39, 0.29) is 5.41 Å². The zero-order valence-electron chi connectivity index (χ0n) is 15.1. The third-order valence-corrected chi connectivity index (χ3v) is 6.90. The molecule has 0 aliphatic carbocycles. The van der Waals surface area contributed by atoms with E-state index in [4.69, 9.17) is 0 Å². The number of thiophene rings is 1. The Hall–Kier alpha value is -0.300. The molecule has 0 N–H and O–H groups in total. The van der Waals surface area contributed by atoms with Gasteiger partial charge in [-0.05, 0) is 41.7 Å². The van der Waals surface area contributed by atoms with Crippen molar-refractivity contribution in [2.75, 3.05) is 0 Å². The van der Waals surface area contributed by atoms with Crippen LogP contribution in [0, 0.1) is 11.8 Å². The minimum atomic E-state index is 0.276. The summed E-state index contributed by atoms with van der Waals surface area (Å²) < 4.78 is 0. The van der Waals surface area contributed by atoms with Crippen LogP contribution >= 0.6 is 11.3 Å². The minimum Gasteiger partial charge on any atom is -0.144 e. The number of hydrogen-bond donors (Lipinski definition) is 0. The van der Waals surface area contributed by atoms with Gasteiger partial charge in [0.05, 0.1) is 0 Å². The summed E-state index contributed by atoms with van der Waals surface area (Å²) in [5, 5.41) is 0. The van der Waals surface area contributed by atoms with E-state index in [1.54, 1.807) is 15.3 Å². The van der Waals surface area contributed by atoms with Crippen LogP contribution in [-0.4, -0.2) is 0 Å². The Balaban J connectivity index is 3.33. The van der Waals surface area contributed by atoms with Crippen molar-refractivity contribution in [3.8, 4) is 0 Å². The fourth-order valence-corrected chi connectivity index (χ4v) is 3.97. The summed E-state index contributed by atoms with van der Waals surface area (Å²) in [6, 6.07) is 2.51. The molecular formula is C19H34S. The second-order valence-corrected chi connectivity index (χ2v) is 9.23. The van der Waals surface area contributed by atoms with E-state index in [9.17, 15) is 0 Å². The molecule has 0 radical (unpaired) electrons. The highest BCUT2D eigenvalue weighted by Crippen LogP contribution is 2.43. The Morgan fingerprint density at radius 1 is 1.05 bits per heavy atom. The monoisotopic (exact) mass is 294 g/mol. The first-order valence-electron chi connectivity index (χ1n) is 8.16. The second-order valence-electron chi connectivity index (χ2n) is 8.18. The zero-order valence-corrected chi connectivity index (χ0v) is 15.9. The van der Waals surface area contributed by atoms with Crippen LogP contribution < -0.4 is 0 Å². The third-order valence-electron chi connectivity index (χ3n) is 5.01. The normalized spacial score (nSPS) is 13.6. The lowest BCUT2D eigenvalue weighted by atomic mass is 9.79. The van der Waals surface area contributed by atoms with Crippen molar-refractivity contribution < 1.29 is 0 Å². The standard InChI is InChI=1S/C19H34S/c1-10-18(6,7)17-15(11-13(2)3)12-16(20-17)19(8,9)14(4)5/h12-14H,10-11H2,1-9H3. The molecule has 0 aliphatic rings. The van der Waals surface area contributed by atoms with Gasteiger partial charge in [-0.1, -0.05) is 62.3 Å². The third kappa shape index (κ3) is 3.67. The second kappa shape index (κ2) is 6.22. The summed E-state index contributed by atoms with van der Waals surface area (Å²) in [7, 11) is 0. The smallest absolute Gasteiger partial charge is 0.0137 e. The van der Waals surface area contributed by atoms with Gasteiger partial charge in [-0.2, -0.15) is 0 Å². The molecule has 1 heteroatoms. The lowest BCUT2D eigenvalue weighted by Crippen LogP contribution is -2.22. The predicted octanol–water partition coefficient (Wildman–Crippen LogP) is 6.57. The molecule has 1 heterocycles. The highest BCUT2D eigenvalue weighted by Gasteiger charge is 2.31. The average Bonchev–Trinajstić information content (AvgIpc) is 2.73. The van der Waals surface area contributed by atoms with Crippen LogP contribution in [0.4, 0.5) is 0 Å². The van der Waals surface area contributed by atoms with Gasteiger partial charge in [0, 0.05) is 15.2 Å². The molecule has 0 atom stereocenters. The molecule has 20 heavy (non-hydrogen) atoms. The number of rotatable bonds is 6. The van der Waals surface area contributed by atoms with Gasteiger partial charge in [-0.25, -0.2) is 0 Å². The Bertz CT molecular complexity index is 433. The minimum absolute atomic E-state index is 0.276. The Morgan fingerprint density at radius 2 is 1.60 bits per heavy atom. The quantitative estimate of drug-likeness (QED) is 0.556. The maximum absolute atomic E-state index is 2.51. The van der Waals surface area contributed by atoms with Crippen molar-refractivity contribution in [1.82, 2.24) is 0 Å². The number of hydrogen-bond acceptors (Lipinski definition) is 1. The maximum Gasteiger partial charge on any atom is 0.0137 e. The summed E-state index contributed by atoms with van der Waals surface area (Å²) in [5.41, 5.74) is 2.18. The maximum atomic E-state index is 2.51. The van der Waals surface area contributed by atoms with Gasteiger partial charge >= 0.3 is 0 Å². The molecule has 0 fully saturated rings. The first-order valence-corrected chi connectivity index (χ1v) is 8.97. The van der Waals surface area contributed by atoms with E-state index in [1.165, 1.54) is 12.8 Å². The molecule has 0 aromatic carbocycles. The summed E-state index contributed by atoms with van der Waals surface area (Å²) in [6.07, 6.45) is 2.42. The zero-order chi connectivity index (χ0) is 15.7. The summed E-state index contributed by atoms with van der Waals surface area (Å²) in [6.45, 7) is 21.2. The molecule has 0 nitrogen and oxygen atoms in total. The highest BCUT2D eigenvalue weighted by molar-refractivity contribution is 7.12. The van der Waals surface area contributed by atoms with Gasteiger partial charge in [0.25, 0.3) is 0 Å². The predicted molar refractivity (Wildman–Crippen MR) is 94.0 cm³/mol. The highest BCUT2D eigenvalue weighted by atomic mass is 32.1. The van der Waals surface area contributed by atoms with Crippen LogP contribution in [0.15, 0.2) is 6.07 Å². The van der Waals surface area contributed by atoms with Gasteiger partial charge < -0.3 is 0 Å². The van der Waals surface area contributed by atoms with Crippen LogP contribution in [-0.2, 0) is 17.3 Å². The molecule has 116 valence electrons. The largest absolute Gasteiger partial charge is 0.144 e. The van der Waals surface area contributed by atoms with Gasteiger partial charge in [-0.3, -0.25) is 0 Å². The molecule has 0 amide bonds. The van der Waals surface area contributed by atoms with Gasteiger partial charge in [0.15, 0.2) is 0 Å². The lowest BCUT2D eigenvalue weighted by molar-refractivity contribution is 0.379. The Kier molecular flexibility index (Phi) is 5.52. The van der Waals surface area contributed by atoms with Crippen molar-refractivity contribution in [1.29, 1.82) is 0 Å². The molecule has 1 aromatic rings. The van der Waals surface area contributed by atoms with E-state index >= 15 is 0 Å². The molecule has 0 saturated carbocycles. The van der Waals surface area contributed by atoms with Crippen LogP contribution in [0.25, 0.3) is 0 Å². The Labute approximate surface area is 131 Å². The molecule has 0 saturated heterocycles. The molecule has 0 bridgehead atoms. The van der Waals surface area contributed by atoms with Gasteiger partial charge in [0.2, 0.25) is 0 Å². The van der Waals surface area contributed by atoms with Crippen LogP contribution in [0.3, 0.4) is 0 Å². The van der Waals surface area contributed by atoms with Crippen molar-refractivity contribution in [3.05, 3.63) is 21.4 Å². The van der Waals surface area contributed by atoms with E-state index in [0.29, 0.717) is 11.3 Å². The summed E-state index contributed by atoms with van der Waals surface area (Å²) >= 11 is 2.07. The fourth-order valence-electron chi connectivity index (χ4n) is 2.36. The van der Waals surface area contributed by atoms with Crippen molar-refractivity contribution in [2.45, 2.75) is 86.0 Å². The fraction of sp³-hybridized carbons (Fsp3) is 0.789. The van der Waals surface area contributed by atoms with Crippen LogP contribution in [0.1, 0.15) is 84.1 Å². The van der Waals surface area contributed by atoms with Crippen LogP contribution in [0.2, 0.25) is 0 Å².